The molecular weight excluding hydrogens is 973 g/mol. The van der Waals surface area contributed by atoms with E-state index in [1.807, 2.05) is 0 Å². The van der Waals surface area contributed by atoms with Gasteiger partial charge in [0.1, 0.15) is 13.2 Å². The van der Waals surface area contributed by atoms with Crippen molar-refractivity contribution in [3.05, 3.63) is 85.1 Å². The molecule has 0 aromatic rings. The van der Waals surface area contributed by atoms with Gasteiger partial charge in [0, 0.05) is 19.3 Å². The first-order chi connectivity index (χ1) is 39.0. The number of hydrogen-bond acceptors (Lipinski definition) is 6. The molecule has 456 valence electrons. The molecule has 0 heterocycles. The van der Waals surface area contributed by atoms with Gasteiger partial charge in [-0.25, -0.2) is 0 Å². The van der Waals surface area contributed by atoms with Crippen LogP contribution in [0.3, 0.4) is 0 Å². The number of rotatable bonds is 62. The van der Waals surface area contributed by atoms with Crippen molar-refractivity contribution in [1.82, 2.24) is 0 Å². The molecule has 1 atom stereocenters. The van der Waals surface area contributed by atoms with E-state index in [0.29, 0.717) is 19.3 Å². The van der Waals surface area contributed by atoms with Crippen molar-refractivity contribution in [3.8, 4) is 0 Å². The highest BCUT2D eigenvalue weighted by Gasteiger charge is 2.19. The van der Waals surface area contributed by atoms with E-state index in [-0.39, 0.29) is 31.1 Å². The third-order valence-corrected chi connectivity index (χ3v) is 14.9. The lowest BCUT2D eigenvalue weighted by Gasteiger charge is -2.18. The zero-order valence-electron chi connectivity index (χ0n) is 52.4. The summed E-state index contributed by atoms with van der Waals surface area (Å²) in [6.07, 6.45) is 89.0. The van der Waals surface area contributed by atoms with E-state index in [9.17, 15) is 14.4 Å². The van der Waals surface area contributed by atoms with Gasteiger partial charge >= 0.3 is 17.9 Å². The van der Waals surface area contributed by atoms with Crippen LogP contribution in [0.25, 0.3) is 0 Å². The van der Waals surface area contributed by atoms with Crippen LogP contribution in [-0.2, 0) is 28.6 Å². The van der Waals surface area contributed by atoms with E-state index in [1.165, 1.54) is 180 Å². The van der Waals surface area contributed by atoms with Crippen LogP contribution >= 0.6 is 0 Å². The fourth-order valence-corrected chi connectivity index (χ4v) is 9.84. The molecule has 6 nitrogen and oxygen atoms in total. The summed E-state index contributed by atoms with van der Waals surface area (Å²) >= 11 is 0. The van der Waals surface area contributed by atoms with Crippen molar-refractivity contribution in [2.45, 2.75) is 348 Å². The zero-order chi connectivity index (χ0) is 57.1. The average Bonchev–Trinajstić information content (AvgIpc) is 3.45. The second-order valence-corrected chi connectivity index (χ2v) is 22.7. The Bertz CT molecular complexity index is 1500. The van der Waals surface area contributed by atoms with Crippen LogP contribution in [-0.4, -0.2) is 37.2 Å². The first kappa shape index (κ1) is 75.6. The highest BCUT2D eigenvalue weighted by atomic mass is 16.6. The standard InChI is InChI=1S/C73H128O6/c1-4-7-10-13-16-19-21-23-25-27-29-31-33-35-36-38-39-41-43-45-47-49-51-54-57-60-63-66-72(75)78-69-70(68-77-71(74)65-62-59-56-53-18-15-12-9-6-3)79-73(76)67-64-61-58-55-52-50-48-46-44-42-40-37-34-32-30-28-26-24-22-20-17-14-11-8-5-2/h7,10,16,19,23,25,29,31,35-36,39,41,45,47,70H,4-6,8-9,11-15,17-18,20-22,24,26-28,30,32-34,37-38,40,42-44,46,48-69H2,1-3H3/b10-7-,19-16-,25-23-,31-29-,36-35-,41-39-,47-45-. The molecule has 0 bridgehead atoms. The van der Waals surface area contributed by atoms with Crippen LogP contribution in [0, 0.1) is 0 Å². The lowest BCUT2D eigenvalue weighted by Crippen LogP contribution is -2.30. The minimum Gasteiger partial charge on any atom is -0.462 e. The Balaban J connectivity index is 4.22. The van der Waals surface area contributed by atoms with Crippen LogP contribution in [0.1, 0.15) is 342 Å². The number of unbranched alkanes of at least 4 members (excludes halogenated alkanes) is 37. The Kier molecular flexibility index (Phi) is 64.2. The largest absolute Gasteiger partial charge is 0.462 e. The van der Waals surface area contributed by atoms with E-state index in [2.05, 4.69) is 106 Å². The molecule has 79 heavy (non-hydrogen) atoms. The molecule has 0 aromatic heterocycles. The van der Waals surface area contributed by atoms with E-state index in [4.69, 9.17) is 14.2 Å². The summed E-state index contributed by atoms with van der Waals surface area (Å²) in [7, 11) is 0. The van der Waals surface area contributed by atoms with Crippen LogP contribution in [0.15, 0.2) is 85.1 Å². The quantitative estimate of drug-likeness (QED) is 0.0261. The van der Waals surface area contributed by atoms with Gasteiger partial charge < -0.3 is 14.2 Å². The Morgan fingerprint density at radius 3 is 0.772 bits per heavy atom. The monoisotopic (exact) mass is 1100 g/mol. The van der Waals surface area contributed by atoms with E-state index >= 15 is 0 Å². The fourth-order valence-electron chi connectivity index (χ4n) is 9.84. The van der Waals surface area contributed by atoms with E-state index < -0.39 is 6.10 Å². The molecule has 0 fully saturated rings. The molecule has 0 saturated heterocycles. The number of allylic oxidation sites excluding steroid dienone is 14. The molecule has 0 radical (unpaired) electrons. The van der Waals surface area contributed by atoms with Crippen LogP contribution < -0.4 is 0 Å². The maximum absolute atomic E-state index is 12.9. The first-order valence-electron chi connectivity index (χ1n) is 34.1. The fraction of sp³-hybridized carbons (Fsp3) is 0.767. The third kappa shape index (κ3) is 65.3. The van der Waals surface area contributed by atoms with Gasteiger partial charge in [-0.3, -0.25) is 14.4 Å². The predicted octanol–water partition coefficient (Wildman–Crippen LogP) is 23.4. The maximum Gasteiger partial charge on any atom is 0.306 e. The zero-order valence-corrected chi connectivity index (χ0v) is 52.4. The third-order valence-electron chi connectivity index (χ3n) is 14.9. The smallest absolute Gasteiger partial charge is 0.306 e. The molecule has 0 N–H and O–H groups in total. The molecule has 0 aliphatic heterocycles. The number of ether oxygens (including phenoxy) is 3. The van der Waals surface area contributed by atoms with Crippen molar-refractivity contribution in [2.24, 2.45) is 0 Å². The van der Waals surface area contributed by atoms with Gasteiger partial charge in [-0.05, 0) is 77.0 Å². The predicted molar refractivity (Wildman–Crippen MR) is 344 cm³/mol. The molecule has 0 aromatic carbocycles. The van der Waals surface area contributed by atoms with Crippen LogP contribution in [0.5, 0.6) is 0 Å². The van der Waals surface area contributed by atoms with Gasteiger partial charge in [-0.1, -0.05) is 331 Å². The van der Waals surface area contributed by atoms with Crippen LogP contribution in [0.4, 0.5) is 0 Å². The molecule has 0 saturated carbocycles. The summed E-state index contributed by atoms with van der Waals surface area (Å²) in [4.78, 5) is 38.3. The van der Waals surface area contributed by atoms with Crippen LogP contribution in [0.2, 0.25) is 0 Å². The van der Waals surface area contributed by atoms with Crippen molar-refractivity contribution in [1.29, 1.82) is 0 Å². The molecule has 0 aliphatic rings. The van der Waals surface area contributed by atoms with Gasteiger partial charge in [0.2, 0.25) is 0 Å². The summed E-state index contributed by atoms with van der Waals surface area (Å²) < 4.78 is 16.9. The highest BCUT2D eigenvalue weighted by Crippen LogP contribution is 2.18. The number of carbonyl (C=O) groups is 3. The summed E-state index contributed by atoms with van der Waals surface area (Å²) in [5.74, 6) is -0.885. The lowest BCUT2D eigenvalue weighted by molar-refractivity contribution is -0.167. The minimum absolute atomic E-state index is 0.0788. The number of hydrogen-bond donors (Lipinski definition) is 0. The van der Waals surface area contributed by atoms with Gasteiger partial charge in [-0.15, -0.1) is 0 Å². The highest BCUT2D eigenvalue weighted by molar-refractivity contribution is 5.71. The molecule has 1 unspecified atom stereocenters. The van der Waals surface area contributed by atoms with E-state index in [0.717, 1.165) is 122 Å². The summed E-state index contributed by atoms with van der Waals surface area (Å²) in [6.45, 7) is 6.54. The van der Waals surface area contributed by atoms with Gasteiger partial charge in [0.05, 0.1) is 0 Å². The second kappa shape index (κ2) is 67.1. The number of carbonyl (C=O) groups excluding carboxylic acids is 3. The van der Waals surface area contributed by atoms with Crippen molar-refractivity contribution in [2.75, 3.05) is 13.2 Å². The average molecular weight is 1100 g/mol. The summed E-state index contributed by atoms with van der Waals surface area (Å²) in [5.41, 5.74) is 0. The topological polar surface area (TPSA) is 78.9 Å². The van der Waals surface area contributed by atoms with Gasteiger partial charge in [0.25, 0.3) is 0 Å². The van der Waals surface area contributed by atoms with E-state index in [1.54, 1.807) is 0 Å². The number of esters is 3. The van der Waals surface area contributed by atoms with Gasteiger partial charge in [-0.2, -0.15) is 0 Å². The molecule has 0 amide bonds. The normalized spacial score (nSPS) is 12.6. The SMILES string of the molecule is CC/C=C\C/C=C\C/C=C\C/C=C\C/C=C\C/C=C\C/C=C\CCCCCCCC(=O)OCC(COC(=O)CCCCCCCCCCC)OC(=O)CCCCCCCCCCCCCCCCCCCCCCCCCCC. The first-order valence-corrected chi connectivity index (χ1v) is 34.1. The molecular formula is C73H128O6. The Morgan fingerprint density at radius 2 is 0.494 bits per heavy atom. The Labute approximate surface area is 490 Å². The van der Waals surface area contributed by atoms with Gasteiger partial charge in [0.15, 0.2) is 6.10 Å². The molecule has 0 rings (SSSR count). The second-order valence-electron chi connectivity index (χ2n) is 22.7. The molecule has 0 spiro atoms. The maximum atomic E-state index is 12.9. The lowest BCUT2D eigenvalue weighted by atomic mass is 10.0. The molecule has 0 aliphatic carbocycles. The Morgan fingerprint density at radius 1 is 0.266 bits per heavy atom. The summed E-state index contributed by atoms with van der Waals surface area (Å²) in [5, 5.41) is 0. The Hall–Kier alpha value is -3.41. The van der Waals surface area contributed by atoms with Crippen molar-refractivity contribution >= 4 is 17.9 Å². The van der Waals surface area contributed by atoms with Crippen molar-refractivity contribution in [3.63, 3.8) is 0 Å². The van der Waals surface area contributed by atoms with Crippen molar-refractivity contribution < 1.29 is 28.6 Å². The minimum atomic E-state index is -0.782. The summed E-state index contributed by atoms with van der Waals surface area (Å²) in [6, 6.07) is 0. The molecule has 6 heteroatoms.